The molecule has 0 aliphatic carbocycles. The summed E-state index contributed by atoms with van der Waals surface area (Å²) in [5, 5.41) is 22.6. The Bertz CT molecular complexity index is 489. The largest absolute Gasteiger partial charge is 0.394 e. The fourth-order valence-electron chi connectivity index (χ4n) is 4.13. The lowest BCUT2D eigenvalue weighted by molar-refractivity contribution is -0.123. The molecule has 200 valence electrons. The van der Waals surface area contributed by atoms with E-state index in [1.165, 1.54) is 89.9 Å². The summed E-state index contributed by atoms with van der Waals surface area (Å²) in [4.78, 5) is 12.1. The van der Waals surface area contributed by atoms with Gasteiger partial charge < -0.3 is 15.5 Å². The Morgan fingerprint density at radius 2 is 1.15 bits per heavy atom. The van der Waals surface area contributed by atoms with Crippen molar-refractivity contribution < 1.29 is 15.0 Å². The van der Waals surface area contributed by atoms with E-state index in [4.69, 9.17) is 0 Å². The molecule has 0 aromatic carbocycles. The first-order valence-corrected chi connectivity index (χ1v) is 14.6. The lowest BCUT2D eigenvalue weighted by atomic mass is 10.1. The van der Waals surface area contributed by atoms with Gasteiger partial charge in [0.15, 0.2) is 0 Å². The average molecular weight is 480 g/mol. The van der Waals surface area contributed by atoms with Crippen molar-refractivity contribution in [2.45, 2.75) is 154 Å². The van der Waals surface area contributed by atoms with E-state index in [2.05, 4.69) is 31.3 Å². The van der Waals surface area contributed by atoms with Gasteiger partial charge >= 0.3 is 0 Å². The molecule has 0 saturated heterocycles. The van der Waals surface area contributed by atoms with E-state index in [-0.39, 0.29) is 12.5 Å². The van der Waals surface area contributed by atoms with Crippen LogP contribution in [0.15, 0.2) is 24.3 Å². The minimum absolute atomic E-state index is 0.0808. The van der Waals surface area contributed by atoms with Crippen LogP contribution in [0, 0.1) is 0 Å². The predicted octanol–water partition coefficient (Wildman–Crippen LogP) is 7.78. The lowest BCUT2D eigenvalue weighted by Gasteiger charge is -2.19. The van der Waals surface area contributed by atoms with Crippen LogP contribution in [-0.4, -0.2) is 34.9 Å². The minimum Gasteiger partial charge on any atom is -0.394 e. The Morgan fingerprint density at radius 1 is 0.676 bits per heavy atom. The maximum Gasteiger partial charge on any atom is 0.220 e. The van der Waals surface area contributed by atoms with Crippen LogP contribution in [-0.2, 0) is 4.79 Å². The van der Waals surface area contributed by atoms with Gasteiger partial charge in [0.2, 0.25) is 5.91 Å². The summed E-state index contributed by atoms with van der Waals surface area (Å²) in [6, 6.07) is -0.629. The fourth-order valence-corrected chi connectivity index (χ4v) is 4.13. The quantitative estimate of drug-likeness (QED) is 0.0924. The van der Waals surface area contributed by atoms with Crippen LogP contribution in [0.4, 0.5) is 0 Å². The summed E-state index contributed by atoms with van der Waals surface area (Å²) >= 11 is 0. The third-order valence-corrected chi connectivity index (χ3v) is 6.44. The van der Waals surface area contributed by atoms with Gasteiger partial charge in [0.25, 0.3) is 0 Å². The molecule has 3 N–H and O–H groups in total. The zero-order chi connectivity index (χ0) is 25.1. The first kappa shape index (κ1) is 32.9. The van der Waals surface area contributed by atoms with E-state index >= 15 is 0 Å². The van der Waals surface area contributed by atoms with Gasteiger partial charge in [-0.3, -0.25) is 4.79 Å². The van der Waals surface area contributed by atoms with Gasteiger partial charge in [0, 0.05) is 6.42 Å². The van der Waals surface area contributed by atoms with E-state index < -0.39 is 12.1 Å². The number of amides is 1. The zero-order valence-corrected chi connectivity index (χ0v) is 22.6. The summed E-state index contributed by atoms with van der Waals surface area (Å²) in [6.45, 7) is 4.23. The molecule has 0 radical (unpaired) electrons. The highest BCUT2D eigenvalue weighted by Gasteiger charge is 2.17. The van der Waals surface area contributed by atoms with Crippen LogP contribution in [0.5, 0.6) is 0 Å². The van der Waals surface area contributed by atoms with Gasteiger partial charge in [-0.1, -0.05) is 128 Å². The molecule has 2 atom stereocenters. The monoisotopic (exact) mass is 479 g/mol. The van der Waals surface area contributed by atoms with E-state index in [1.54, 1.807) is 6.08 Å². The molecule has 0 fully saturated rings. The van der Waals surface area contributed by atoms with Crippen molar-refractivity contribution in [1.82, 2.24) is 5.32 Å². The average Bonchev–Trinajstić information content (AvgIpc) is 2.84. The van der Waals surface area contributed by atoms with E-state index in [1.807, 2.05) is 6.08 Å². The van der Waals surface area contributed by atoms with Crippen LogP contribution >= 0.6 is 0 Å². The van der Waals surface area contributed by atoms with Gasteiger partial charge in [-0.2, -0.15) is 0 Å². The fraction of sp³-hybridized carbons (Fsp3) is 0.833. The Kier molecular flexibility index (Phi) is 25.6. The second-order valence-corrected chi connectivity index (χ2v) is 9.81. The first-order valence-electron chi connectivity index (χ1n) is 14.6. The zero-order valence-electron chi connectivity index (χ0n) is 22.6. The molecule has 4 nitrogen and oxygen atoms in total. The molecule has 0 rings (SSSR count). The number of carbonyl (C=O) groups is 1. The number of nitrogens with one attached hydrogen (secondary N) is 1. The Morgan fingerprint density at radius 3 is 1.71 bits per heavy atom. The Balaban J connectivity index is 3.77. The normalized spacial score (nSPS) is 13.6. The van der Waals surface area contributed by atoms with Crippen molar-refractivity contribution in [1.29, 1.82) is 0 Å². The maximum atomic E-state index is 12.1. The van der Waals surface area contributed by atoms with Crippen LogP contribution in [0.3, 0.4) is 0 Å². The summed E-state index contributed by atoms with van der Waals surface area (Å²) in [6.07, 6.45) is 31.0. The molecule has 1 amide bonds. The number of unbranched alkanes of at least 4 members (excludes halogenated alkanes) is 16. The van der Waals surface area contributed by atoms with Gasteiger partial charge in [-0.15, -0.1) is 0 Å². The van der Waals surface area contributed by atoms with Crippen molar-refractivity contribution in [3.8, 4) is 0 Å². The number of hydrogen-bond acceptors (Lipinski definition) is 3. The highest BCUT2D eigenvalue weighted by molar-refractivity contribution is 5.76. The molecule has 4 heteroatoms. The van der Waals surface area contributed by atoms with Gasteiger partial charge in [0.1, 0.15) is 0 Å². The molecule has 0 spiro atoms. The third kappa shape index (κ3) is 22.7. The second-order valence-electron chi connectivity index (χ2n) is 9.81. The standard InChI is InChI=1S/C30H57NO3/c1-3-5-7-9-11-13-14-15-16-18-19-21-23-25-29(33)28(27-32)31-30(34)26-24-22-20-17-12-10-8-6-4-2/h16,18,23,25,28-29,32-33H,3-15,17,19-22,24,26-27H2,1-2H3,(H,31,34)/b18-16+,25-23+/t28-,29+/m0/s1. The molecular formula is C30H57NO3. The van der Waals surface area contributed by atoms with E-state index in [0.29, 0.717) is 6.42 Å². The van der Waals surface area contributed by atoms with E-state index in [9.17, 15) is 15.0 Å². The SMILES string of the molecule is CCCCCCCCC/C=C/CC/C=C/[C@@H](O)[C@H](CO)NC(=O)CCCCCCCCCCC. The highest BCUT2D eigenvalue weighted by Crippen LogP contribution is 2.11. The van der Waals surface area contributed by atoms with Crippen LogP contribution < -0.4 is 5.32 Å². The molecule has 0 aliphatic rings. The molecule has 0 saturated carbocycles. The van der Waals surface area contributed by atoms with Crippen molar-refractivity contribution in [3.05, 3.63) is 24.3 Å². The number of aliphatic hydroxyl groups is 2. The van der Waals surface area contributed by atoms with Crippen LogP contribution in [0.1, 0.15) is 142 Å². The van der Waals surface area contributed by atoms with Crippen LogP contribution in [0.25, 0.3) is 0 Å². The van der Waals surface area contributed by atoms with Crippen LogP contribution in [0.2, 0.25) is 0 Å². The van der Waals surface area contributed by atoms with E-state index in [0.717, 1.165) is 32.1 Å². The number of allylic oxidation sites excluding steroid dienone is 3. The minimum atomic E-state index is -0.853. The van der Waals surface area contributed by atoms with Crippen molar-refractivity contribution in [2.75, 3.05) is 6.61 Å². The van der Waals surface area contributed by atoms with Crippen molar-refractivity contribution >= 4 is 5.91 Å². The maximum absolute atomic E-state index is 12.1. The topological polar surface area (TPSA) is 69.6 Å². The molecular weight excluding hydrogens is 422 g/mol. The summed E-state index contributed by atoms with van der Waals surface area (Å²) in [7, 11) is 0. The smallest absolute Gasteiger partial charge is 0.220 e. The molecule has 0 bridgehead atoms. The molecule has 0 unspecified atom stereocenters. The van der Waals surface area contributed by atoms with Gasteiger partial charge in [0.05, 0.1) is 18.8 Å². The highest BCUT2D eigenvalue weighted by atomic mass is 16.3. The number of aliphatic hydroxyl groups excluding tert-OH is 2. The molecule has 0 aliphatic heterocycles. The van der Waals surface area contributed by atoms with Crippen molar-refractivity contribution in [2.24, 2.45) is 0 Å². The third-order valence-electron chi connectivity index (χ3n) is 6.44. The summed E-state index contributed by atoms with van der Waals surface area (Å²) in [5.41, 5.74) is 0. The summed E-state index contributed by atoms with van der Waals surface area (Å²) < 4.78 is 0. The number of rotatable bonds is 25. The Labute approximate surface area is 211 Å². The number of carbonyl (C=O) groups excluding carboxylic acids is 1. The van der Waals surface area contributed by atoms with Crippen molar-refractivity contribution in [3.63, 3.8) is 0 Å². The van der Waals surface area contributed by atoms with Gasteiger partial charge in [-0.05, 0) is 32.1 Å². The second kappa shape index (κ2) is 26.5. The molecule has 0 aromatic heterocycles. The number of hydrogen-bond donors (Lipinski definition) is 3. The predicted molar refractivity (Wildman–Crippen MR) is 147 cm³/mol. The van der Waals surface area contributed by atoms with Gasteiger partial charge in [-0.25, -0.2) is 0 Å². The summed E-state index contributed by atoms with van der Waals surface area (Å²) in [5.74, 6) is -0.0808. The lowest BCUT2D eigenvalue weighted by Crippen LogP contribution is -2.45. The molecule has 0 heterocycles. The molecule has 34 heavy (non-hydrogen) atoms. The first-order chi connectivity index (χ1) is 16.7. The Hall–Kier alpha value is -1.13. The molecule has 0 aromatic rings.